The van der Waals surface area contributed by atoms with Gasteiger partial charge in [0.1, 0.15) is 11.5 Å². The predicted molar refractivity (Wildman–Crippen MR) is 91.1 cm³/mol. The minimum Gasteiger partial charge on any atom is -0.497 e. The summed E-state index contributed by atoms with van der Waals surface area (Å²) in [6, 6.07) is 15.2. The summed E-state index contributed by atoms with van der Waals surface area (Å²) in [7, 11) is 5.59. The Labute approximate surface area is 136 Å². The van der Waals surface area contributed by atoms with Gasteiger partial charge in [-0.25, -0.2) is 0 Å². The maximum absolute atomic E-state index is 11.8. The van der Waals surface area contributed by atoms with E-state index >= 15 is 0 Å². The van der Waals surface area contributed by atoms with Crippen molar-refractivity contribution in [2.45, 2.75) is 6.54 Å². The largest absolute Gasteiger partial charge is 0.497 e. The molecule has 0 aliphatic rings. The van der Waals surface area contributed by atoms with Crippen LogP contribution in [0.5, 0.6) is 11.5 Å². The van der Waals surface area contributed by atoms with Gasteiger partial charge in [-0.2, -0.15) is 0 Å². The Hall–Kier alpha value is -2.69. The highest BCUT2D eigenvalue weighted by Gasteiger charge is 2.04. The van der Waals surface area contributed by atoms with Gasteiger partial charge in [0.05, 0.1) is 7.11 Å². The number of amides is 1. The molecule has 0 spiro atoms. The molecule has 122 valence electrons. The predicted octanol–water partition coefficient (Wildman–Crippen LogP) is 2.46. The highest BCUT2D eigenvalue weighted by molar-refractivity contribution is 5.77. The highest BCUT2D eigenvalue weighted by Crippen LogP contribution is 2.16. The Kier molecular flexibility index (Phi) is 5.86. The van der Waals surface area contributed by atoms with E-state index in [-0.39, 0.29) is 12.5 Å². The highest BCUT2D eigenvalue weighted by atomic mass is 16.5. The molecule has 0 fully saturated rings. The number of hydrogen-bond donors (Lipinski definition) is 1. The van der Waals surface area contributed by atoms with Crippen LogP contribution in [-0.2, 0) is 11.3 Å². The van der Waals surface area contributed by atoms with Crippen LogP contribution in [0.3, 0.4) is 0 Å². The smallest absolute Gasteiger partial charge is 0.258 e. The Morgan fingerprint density at radius 2 is 1.61 bits per heavy atom. The minimum atomic E-state index is -0.155. The minimum absolute atomic E-state index is 0.0118. The van der Waals surface area contributed by atoms with E-state index in [4.69, 9.17) is 9.47 Å². The third kappa shape index (κ3) is 5.21. The monoisotopic (exact) mass is 314 g/mol. The first-order valence-corrected chi connectivity index (χ1v) is 7.38. The molecule has 0 radical (unpaired) electrons. The number of nitrogens with one attached hydrogen (secondary N) is 1. The van der Waals surface area contributed by atoms with Crippen LogP contribution < -0.4 is 19.7 Å². The second-order valence-corrected chi connectivity index (χ2v) is 5.30. The van der Waals surface area contributed by atoms with Crippen molar-refractivity contribution in [3.05, 3.63) is 54.1 Å². The van der Waals surface area contributed by atoms with E-state index in [0.717, 1.165) is 17.0 Å². The standard InChI is InChI=1S/C18H22N2O3/c1-20(2)15-6-4-14(5-7-15)12-19-18(21)13-23-17-10-8-16(22-3)9-11-17/h4-11H,12-13H2,1-3H3,(H,19,21). The Morgan fingerprint density at radius 3 is 2.17 bits per heavy atom. The summed E-state index contributed by atoms with van der Waals surface area (Å²) in [6.07, 6.45) is 0. The van der Waals surface area contributed by atoms with Crippen molar-refractivity contribution >= 4 is 11.6 Å². The number of nitrogens with zero attached hydrogens (tertiary/aromatic N) is 1. The second kappa shape index (κ2) is 8.08. The number of rotatable bonds is 7. The molecule has 0 bridgehead atoms. The average molecular weight is 314 g/mol. The van der Waals surface area contributed by atoms with Crippen molar-refractivity contribution in [2.75, 3.05) is 32.7 Å². The fourth-order valence-corrected chi connectivity index (χ4v) is 1.98. The molecular weight excluding hydrogens is 292 g/mol. The zero-order valence-corrected chi connectivity index (χ0v) is 13.7. The quantitative estimate of drug-likeness (QED) is 0.853. The summed E-state index contributed by atoms with van der Waals surface area (Å²) in [4.78, 5) is 13.9. The van der Waals surface area contributed by atoms with Crippen LogP contribution in [0.2, 0.25) is 0 Å². The fourth-order valence-electron chi connectivity index (χ4n) is 1.98. The van der Waals surface area contributed by atoms with E-state index in [1.165, 1.54) is 0 Å². The van der Waals surface area contributed by atoms with Crippen LogP contribution in [0.25, 0.3) is 0 Å². The molecule has 5 nitrogen and oxygen atoms in total. The summed E-state index contributed by atoms with van der Waals surface area (Å²) in [6.45, 7) is 0.473. The second-order valence-electron chi connectivity index (χ2n) is 5.30. The topological polar surface area (TPSA) is 50.8 Å². The van der Waals surface area contributed by atoms with E-state index in [1.54, 1.807) is 31.4 Å². The van der Waals surface area contributed by atoms with Crippen molar-refractivity contribution in [3.63, 3.8) is 0 Å². The third-order valence-corrected chi connectivity index (χ3v) is 3.37. The SMILES string of the molecule is COc1ccc(OCC(=O)NCc2ccc(N(C)C)cc2)cc1. The lowest BCUT2D eigenvalue weighted by atomic mass is 10.2. The maximum Gasteiger partial charge on any atom is 0.258 e. The van der Waals surface area contributed by atoms with Gasteiger partial charge in [0.2, 0.25) is 0 Å². The lowest BCUT2D eigenvalue weighted by Crippen LogP contribution is -2.28. The molecule has 1 amide bonds. The number of anilines is 1. The molecule has 0 saturated carbocycles. The summed E-state index contributed by atoms with van der Waals surface area (Å²) in [5.41, 5.74) is 2.18. The van der Waals surface area contributed by atoms with Crippen molar-refractivity contribution in [1.82, 2.24) is 5.32 Å². The van der Waals surface area contributed by atoms with Crippen molar-refractivity contribution < 1.29 is 14.3 Å². The fraction of sp³-hybridized carbons (Fsp3) is 0.278. The number of hydrogen-bond acceptors (Lipinski definition) is 4. The summed E-state index contributed by atoms with van der Waals surface area (Å²) < 4.78 is 10.5. The molecular formula is C18H22N2O3. The van der Waals surface area contributed by atoms with Crippen LogP contribution in [0, 0.1) is 0 Å². The van der Waals surface area contributed by atoms with Crippen molar-refractivity contribution in [3.8, 4) is 11.5 Å². The first-order valence-electron chi connectivity index (χ1n) is 7.38. The van der Waals surface area contributed by atoms with Gasteiger partial charge in [-0.15, -0.1) is 0 Å². The number of carbonyl (C=O) groups is 1. The number of ether oxygens (including phenoxy) is 2. The molecule has 0 heterocycles. The van der Waals surface area contributed by atoms with Crippen LogP contribution in [0.1, 0.15) is 5.56 Å². The molecule has 0 unspecified atom stereocenters. The van der Waals surface area contributed by atoms with E-state index in [9.17, 15) is 4.79 Å². The Balaban J connectivity index is 1.76. The van der Waals surface area contributed by atoms with E-state index < -0.39 is 0 Å². The number of carbonyl (C=O) groups excluding carboxylic acids is 1. The van der Waals surface area contributed by atoms with E-state index in [1.807, 2.05) is 43.3 Å². The molecule has 0 atom stereocenters. The maximum atomic E-state index is 11.8. The van der Waals surface area contributed by atoms with Crippen molar-refractivity contribution in [2.24, 2.45) is 0 Å². The average Bonchev–Trinajstić information content (AvgIpc) is 2.59. The van der Waals surface area contributed by atoms with Gasteiger partial charge in [0.15, 0.2) is 6.61 Å². The molecule has 2 rings (SSSR count). The molecule has 2 aromatic carbocycles. The van der Waals surface area contributed by atoms with Gasteiger partial charge in [-0.05, 0) is 42.0 Å². The zero-order valence-electron chi connectivity index (χ0n) is 13.7. The normalized spacial score (nSPS) is 10.0. The number of methoxy groups -OCH3 is 1. The van der Waals surface area contributed by atoms with Gasteiger partial charge in [0.25, 0.3) is 5.91 Å². The van der Waals surface area contributed by atoms with Crippen LogP contribution in [0.4, 0.5) is 5.69 Å². The van der Waals surface area contributed by atoms with E-state index in [2.05, 4.69) is 5.32 Å². The lowest BCUT2D eigenvalue weighted by molar-refractivity contribution is -0.123. The van der Waals surface area contributed by atoms with Gasteiger partial charge in [0, 0.05) is 26.3 Å². The lowest BCUT2D eigenvalue weighted by Gasteiger charge is -2.13. The molecule has 1 N–H and O–H groups in total. The summed E-state index contributed by atoms with van der Waals surface area (Å²) in [5.74, 6) is 1.23. The molecule has 0 saturated heterocycles. The van der Waals surface area contributed by atoms with Gasteiger partial charge in [-0.3, -0.25) is 4.79 Å². The first-order chi connectivity index (χ1) is 11.1. The molecule has 0 aliphatic carbocycles. The van der Waals surface area contributed by atoms with Crippen molar-refractivity contribution in [1.29, 1.82) is 0 Å². The van der Waals surface area contributed by atoms with E-state index in [0.29, 0.717) is 12.3 Å². The molecule has 2 aromatic rings. The van der Waals surface area contributed by atoms with Gasteiger partial charge in [-0.1, -0.05) is 12.1 Å². The summed E-state index contributed by atoms with van der Waals surface area (Å²) >= 11 is 0. The Morgan fingerprint density at radius 1 is 1.00 bits per heavy atom. The number of benzene rings is 2. The molecule has 0 aromatic heterocycles. The molecule has 0 aliphatic heterocycles. The van der Waals surface area contributed by atoms with Crippen LogP contribution in [0.15, 0.2) is 48.5 Å². The summed E-state index contributed by atoms with van der Waals surface area (Å²) in [5, 5.41) is 2.84. The Bertz CT molecular complexity index is 622. The molecule has 5 heteroatoms. The van der Waals surface area contributed by atoms with Gasteiger partial charge < -0.3 is 19.7 Å². The zero-order chi connectivity index (χ0) is 16.7. The van der Waals surface area contributed by atoms with Gasteiger partial charge >= 0.3 is 0 Å². The first kappa shape index (κ1) is 16.7. The third-order valence-electron chi connectivity index (χ3n) is 3.37. The molecule has 23 heavy (non-hydrogen) atoms. The van der Waals surface area contributed by atoms with Crippen LogP contribution >= 0.6 is 0 Å². The van der Waals surface area contributed by atoms with Crippen LogP contribution in [-0.4, -0.2) is 33.7 Å².